The second-order valence-corrected chi connectivity index (χ2v) is 4.55. The van der Waals surface area contributed by atoms with E-state index in [0.29, 0.717) is 6.54 Å². The Morgan fingerprint density at radius 3 is 2.94 bits per heavy atom. The number of ether oxygens (including phenoxy) is 1. The Balaban J connectivity index is 2.07. The number of halogens is 1. The summed E-state index contributed by atoms with van der Waals surface area (Å²) in [5, 5.41) is 3.32. The van der Waals surface area contributed by atoms with Crippen LogP contribution in [-0.4, -0.2) is 17.1 Å². The van der Waals surface area contributed by atoms with Crippen LogP contribution < -0.4 is 10.1 Å². The highest BCUT2D eigenvalue weighted by atomic mass is 79.9. The number of nitrogens with zero attached hydrogens (tertiary/aromatic N) is 1. The molecule has 2 aromatic rings. The predicted molar refractivity (Wildman–Crippen MR) is 71.3 cm³/mol. The van der Waals surface area contributed by atoms with Gasteiger partial charge in [-0.05, 0) is 35.0 Å². The zero-order valence-electron chi connectivity index (χ0n) is 9.75. The number of methoxy groups -OCH3 is 1. The quantitative estimate of drug-likeness (QED) is 0.911. The van der Waals surface area contributed by atoms with Gasteiger partial charge in [-0.3, -0.25) is 0 Å². The van der Waals surface area contributed by atoms with Crippen LogP contribution in [0.15, 0.2) is 28.9 Å². The summed E-state index contributed by atoms with van der Waals surface area (Å²) in [5.41, 5.74) is 2.05. The summed E-state index contributed by atoms with van der Waals surface area (Å²) in [6.45, 7) is 2.64. The number of hydrogen-bond donors (Lipinski definition) is 2. The van der Waals surface area contributed by atoms with Crippen LogP contribution in [0, 0.1) is 6.92 Å². The van der Waals surface area contributed by atoms with E-state index in [0.717, 1.165) is 27.4 Å². The third-order valence-electron chi connectivity index (χ3n) is 2.40. The number of imidazole rings is 1. The smallest absolute Gasteiger partial charge is 0.121 e. The van der Waals surface area contributed by atoms with E-state index in [-0.39, 0.29) is 0 Å². The van der Waals surface area contributed by atoms with Gasteiger partial charge in [0.15, 0.2) is 0 Å². The Labute approximate surface area is 109 Å². The molecule has 0 aliphatic carbocycles. The number of benzene rings is 1. The highest BCUT2D eigenvalue weighted by molar-refractivity contribution is 9.10. The molecule has 1 heterocycles. The van der Waals surface area contributed by atoms with Crippen LogP contribution in [0.3, 0.4) is 0 Å². The summed E-state index contributed by atoms with van der Waals surface area (Å²) < 4.78 is 6.19. The maximum absolute atomic E-state index is 5.19. The fraction of sp³-hybridized carbons (Fsp3) is 0.250. The molecule has 2 N–H and O–H groups in total. The van der Waals surface area contributed by atoms with Crippen molar-refractivity contribution in [1.29, 1.82) is 0 Å². The Hall–Kier alpha value is -1.49. The molecule has 0 aliphatic rings. The highest BCUT2D eigenvalue weighted by Crippen LogP contribution is 2.27. The standard InChI is InChI=1S/C12H14BrN3O/c1-8-14-6-9(16-8)7-15-12-5-10(17-2)3-4-11(12)13/h3-6,15H,7H2,1-2H3,(H,14,16). The molecule has 17 heavy (non-hydrogen) atoms. The van der Waals surface area contributed by atoms with Gasteiger partial charge in [0.05, 0.1) is 31.2 Å². The maximum Gasteiger partial charge on any atom is 0.121 e. The van der Waals surface area contributed by atoms with Crippen LogP contribution in [0.5, 0.6) is 5.75 Å². The number of H-pyrrole nitrogens is 1. The lowest BCUT2D eigenvalue weighted by molar-refractivity contribution is 0.415. The number of aromatic nitrogens is 2. The molecule has 0 aliphatic heterocycles. The van der Waals surface area contributed by atoms with E-state index in [4.69, 9.17) is 4.74 Å². The summed E-state index contributed by atoms with van der Waals surface area (Å²) in [7, 11) is 1.66. The molecule has 0 spiro atoms. The molecule has 0 unspecified atom stereocenters. The van der Waals surface area contributed by atoms with E-state index in [1.165, 1.54) is 0 Å². The van der Waals surface area contributed by atoms with Crippen molar-refractivity contribution in [3.63, 3.8) is 0 Å². The monoisotopic (exact) mass is 295 g/mol. The van der Waals surface area contributed by atoms with E-state index >= 15 is 0 Å². The number of aromatic amines is 1. The first-order chi connectivity index (χ1) is 8.19. The van der Waals surface area contributed by atoms with E-state index in [2.05, 4.69) is 31.2 Å². The zero-order valence-corrected chi connectivity index (χ0v) is 11.3. The highest BCUT2D eigenvalue weighted by Gasteiger charge is 2.03. The molecule has 0 amide bonds. The second kappa shape index (κ2) is 5.23. The first kappa shape index (κ1) is 12.0. The Morgan fingerprint density at radius 2 is 2.29 bits per heavy atom. The minimum absolute atomic E-state index is 0.701. The molecular formula is C12H14BrN3O. The SMILES string of the molecule is COc1ccc(Br)c(NCc2cnc(C)[nH]2)c1. The normalized spacial score (nSPS) is 10.3. The fourth-order valence-electron chi connectivity index (χ4n) is 1.52. The van der Waals surface area contributed by atoms with Gasteiger partial charge in [-0.15, -0.1) is 0 Å². The molecule has 1 aromatic carbocycles. The van der Waals surface area contributed by atoms with Crippen LogP contribution in [0.1, 0.15) is 11.5 Å². The van der Waals surface area contributed by atoms with Crippen LogP contribution in [0.25, 0.3) is 0 Å². The molecule has 0 atom stereocenters. The second-order valence-electron chi connectivity index (χ2n) is 3.69. The molecule has 0 saturated heterocycles. The summed E-state index contributed by atoms with van der Waals surface area (Å²) in [6.07, 6.45) is 1.83. The van der Waals surface area contributed by atoms with Crippen molar-refractivity contribution in [2.24, 2.45) is 0 Å². The van der Waals surface area contributed by atoms with E-state index in [1.54, 1.807) is 7.11 Å². The van der Waals surface area contributed by atoms with Crippen molar-refractivity contribution in [3.8, 4) is 5.75 Å². The van der Waals surface area contributed by atoms with Gasteiger partial charge in [-0.25, -0.2) is 4.98 Å². The van der Waals surface area contributed by atoms with Gasteiger partial charge < -0.3 is 15.0 Å². The summed E-state index contributed by atoms with van der Waals surface area (Å²) in [5.74, 6) is 1.75. The van der Waals surface area contributed by atoms with Crippen molar-refractivity contribution < 1.29 is 4.74 Å². The largest absolute Gasteiger partial charge is 0.497 e. The average molecular weight is 296 g/mol. The molecular weight excluding hydrogens is 282 g/mol. The topological polar surface area (TPSA) is 49.9 Å². The molecule has 90 valence electrons. The molecule has 0 radical (unpaired) electrons. The van der Waals surface area contributed by atoms with Crippen molar-refractivity contribution >= 4 is 21.6 Å². The number of hydrogen-bond acceptors (Lipinski definition) is 3. The van der Waals surface area contributed by atoms with Gasteiger partial charge in [0.25, 0.3) is 0 Å². The van der Waals surface area contributed by atoms with E-state index in [1.807, 2.05) is 31.3 Å². The van der Waals surface area contributed by atoms with E-state index < -0.39 is 0 Å². The van der Waals surface area contributed by atoms with Crippen LogP contribution in [0.4, 0.5) is 5.69 Å². The zero-order chi connectivity index (χ0) is 12.3. The van der Waals surface area contributed by atoms with Gasteiger partial charge in [-0.1, -0.05) is 0 Å². The third-order valence-corrected chi connectivity index (χ3v) is 3.09. The van der Waals surface area contributed by atoms with Gasteiger partial charge in [0.2, 0.25) is 0 Å². The average Bonchev–Trinajstić information content (AvgIpc) is 2.74. The van der Waals surface area contributed by atoms with Crippen molar-refractivity contribution in [1.82, 2.24) is 9.97 Å². The molecule has 2 rings (SSSR count). The number of nitrogens with one attached hydrogen (secondary N) is 2. The molecule has 4 nitrogen and oxygen atoms in total. The lowest BCUT2D eigenvalue weighted by Gasteiger charge is -2.09. The molecule has 0 saturated carbocycles. The minimum atomic E-state index is 0.701. The van der Waals surface area contributed by atoms with Gasteiger partial charge >= 0.3 is 0 Å². The van der Waals surface area contributed by atoms with Crippen LogP contribution >= 0.6 is 15.9 Å². The molecule has 5 heteroatoms. The number of anilines is 1. The first-order valence-corrected chi connectivity index (χ1v) is 6.06. The van der Waals surface area contributed by atoms with Crippen molar-refractivity contribution in [2.45, 2.75) is 13.5 Å². The lowest BCUT2D eigenvalue weighted by atomic mass is 10.3. The van der Waals surface area contributed by atoms with Crippen LogP contribution in [0.2, 0.25) is 0 Å². The lowest BCUT2D eigenvalue weighted by Crippen LogP contribution is -2.00. The summed E-state index contributed by atoms with van der Waals surface area (Å²) in [4.78, 5) is 7.33. The van der Waals surface area contributed by atoms with Gasteiger partial charge in [0, 0.05) is 10.5 Å². The van der Waals surface area contributed by atoms with Gasteiger partial charge in [-0.2, -0.15) is 0 Å². The van der Waals surface area contributed by atoms with Crippen molar-refractivity contribution in [2.75, 3.05) is 12.4 Å². The van der Waals surface area contributed by atoms with Crippen molar-refractivity contribution in [3.05, 3.63) is 40.4 Å². The third kappa shape index (κ3) is 3.00. The predicted octanol–water partition coefficient (Wildman–Crippen LogP) is 3.10. The Morgan fingerprint density at radius 1 is 1.47 bits per heavy atom. The number of rotatable bonds is 4. The first-order valence-electron chi connectivity index (χ1n) is 5.27. The van der Waals surface area contributed by atoms with E-state index in [9.17, 15) is 0 Å². The minimum Gasteiger partial charge on any atom is -0.497 e. The Bertz CT molecular complexity index is 510. The summed E-state index contributed by atoms with van der Waals surface area (Å²) in [6, 6.07) is 5.82. The maximum atomic E-state index is 5.19. The fourth-order valence-corrected chi connectivity index (χ4v) is 1.91. The Kier molecular flexibility index (Phi) is 3.68. The number of aryl methyl sites for hydroxylation is 1. The van der Waals surface area contributed by atoms with Gasteiger partial charge in [0.1, 0.15) is 11.6 Å². The summed E-state index contributed by atoms with van der Waals surface area (Å²) >= 11 is 3.49. The molecule has 0 fully saturated rings. The van der Waals surface area contributed by atoms with Crippen LogP contribution in [-0.2, 0) is 6.54 Å². The molecule has 1 aromatic heterocycles. The molecule has 0 bridgehead atoms.